The van der Waals surface area contributed by atoms with Gasteiger partial charge in [-0.25, -0.2) is 0 Å². The van der Waals surface area contributed by atoms with Crippen LogP contribution in [-0.4, -0.2) is 29.9 Å². The number of nitrogen functional groups attached to an aromatic ring is 1. The van der Waals surface area contributed by atoms with E-state index >= 15 is 0 Å². The Hall–Kier alpha value is -1.42. The minimum absolute atomic E-state index is 0.117. The third kappa shape index (κ3) is 2.70. The Bertz CT molecular complexity index is 444. The van der Waals surface area contributed by atoms with Crippen molar-refractivity contribution in [3.05, 3.63) is 23.2 Å². The van der Waals surface area contributed by atoms with E-state index in [2.05, 4.69) is 5.32 Å². The molecule has 3 N–H and O–H groups in total. The molecule has 1 saturated heterocycles. The van der Waals surface area contributed by atoms with E-state index in [0.717, 1.165) is 25.9 Å². The van der Waals surface area contributed by atoms with E-state index in [1.807, 2.05) is 24.0 Å². The van der Waals surface area contributed by atoms with Gasteiger partial charge in [0.1, 0.15) is 6.04 Å². The van der Waals surface area contributed by atoms with Crippen molar-refractivity contribution < 1.29 is 4.79 Å². The maximum absolute atomic E-state index is 12.1. The van der Waals surface area contributed by atoms with Crippen molar-refractivity contribution in [2.45, 2.75) is 25.8 Å². The molecular formula is C13H18ClN3O. The third-order valence-electron chi connectivity index (χ3n) is 3.21. The number of para-hydroxylation sites is 1. The Morgan fingerprint density at radius 2 is 2.11 bits per heavy atom. The molecule has 18 heavy (non-hydrogen) atoms. The number of rotatable bonds is 3. The fourth-order valence-electron chi connectivity index (χ4n) is 2.17. The summed E-state index contributed by atoms with van der Waals surface area (Å²) in [5.41, 5.74) is 7.06. The van der Waals surface area contributed by atoms with Crippen molar-refractivity contribution in [3.8, 4) is 0 Å². The van der Waals surface area contributed by atoms with Crippen molar-refractivity contribution >= 4 is 28.9 Å². The molecule has 0 spiro atoms. The van der Waals surface area contributed by atoms with Crippen molar-refractivity contribution in [2.75, 3.05) is 24.1 Å². The number of nitrogens with one attached hydrogen (secondary N) is 1. The summed E-state index contributed by atoms with van der Waals surface area (Å²) >= 11 is 5.94. The normalized spacial score (nSPS) is 16.7. The average Bonchev–Trinajstić information content (AvgIpc) is 2.87. The first-order valence-corrected chi connectivity index (χ1v) is 6.56. The van der Waals surface area contributed by atoms with Crippen LogP contribution in [0, 0.1) is 0 Å². The summed E-state index contributed by atoms with van der Waals surface area (Å²) in [4.78, 5) is 14.0. The lowest BCUT2D eigenvalue weighted by Gasteiger charge is -2.22. The second-order valence-electron chi connectivity index (χ2n) is 4.60. The molecule has 0 saturated carbocycles. The summed E-state index contributed by atoms with van der Waals surface area (Å²) in [6, 6.07) is 5.09. The lowest BCUT2D eigenvalue weighted by Crippen LogP contribution is -2.39. The highest BCUT2D eigenvalue weighted by Gasteiger charge is 2.23. The Kier molecular flexibility index (Phi) is 3.97. The fraction of sp³-hybridized carbons (Fsp3) is 0.462. The highest BCUT2D eigenvalue weighted by molar-refractivity contribution is 6.33. The van der Waals surface area contributed by atoms with Crippen LogP contribution in [0.5, 0.6) is 0 Å². The zero-order valence-corrected chi connectivity index (χ0v) is 11.2. The summed E-state index contributed by atoms with van der Waals surface area (Å²) in [5, 5.41) is 3.63. The monoisotopic (exact) mass is 267 g/mol. The van der Waals surface area contributed by atoms with Crippen molar-refractivity contribution in [1.82, 2.24) is 4.90 Å². The summed E-state index contributed by atoms with van der Waals surface area (Å²) < 4.78 is 0. The number of halogens is 1. The summed E-state index contributed by atoms with van der Waals surface area (Å²) in [7, 11) is 0. The highest BCUT2D eigenvalue weighted by atomic mass is 35.5. The molecule has 1 atom stereocenters. The number of nitrogens with zero attached hydrogens (tertiary/aromatic N) is 1. The number of hydrogen-bond donors (Lipinski definition) is 2. The van der Waals surface area contributed by atoms with E-state index in [9.17, 15) is 4.79 Å². The third-order valence-corrected chi connectivity index (χ3v) is 3.54. The van der Waals surface area contributed by atoms with Crippen LogP contribution in [-0.2, 0) is 4.79 Å². The van der Waals surface area contributed by atoms with Crippen LogP contribution in [0.2, 0.25) is 5.02 Å². The van der Waals surface area contributed by atoms with Gasteiger partial charge in [0, 0.05) is 13.1 Å². The first kappa shape index (κ1) is 13.0. The van der Waals surface area contributed by atoms with Crippen molar-refractivity contribution in [2.24, 2.45) is 0 Å². The zero-order chi connectivity index (χ0) is 13.1. The zero-order valence-electron chi connectivity index (χ0n) is 10.4. The van der Waals surface area contributed by atoms with Gasteiger partial charge < -0.3 is 16.0 Å². The second kappa shape index (κ2) is 5.48. The molecule has 1 aliphatic heterocycles. The van der Waals surface area contributed by atoms with Crippen LogP contribution >= 0.6 is 11.6 Å². The molecular weight excluding hydrogens is 250 g/mol. The van der Waals surface area contributed by atoms with Gasteiger partial charge in [-0.3, -0.25) is 4.79 Å². The minimum Gasteiger partial charge on any atom is -0.396 e. The van der Waals surface area contributed by atoms with Crippen LogP contribution in [0.1, 0.15) is 19.8 Å². The number of hydrogen-bond acceptors (Lipinski definition) is 3. The smallest absolute Gasteiger partial charge is 0.244 e. The van der Waals surface area contributed by atoms with Gasteiger partial charge in [0.05, 0.1) is 16.4 Å². The van der Waals surface area contributed by atoms with Crippen molar-refractivity contribution in [3.63, 3.8) is 0 Å². The molecule has 4 nitrogen and oxygen atoms in total. The number of carbonyl (C=O) groups is 1. The lowest BCUT2D eigenvalue weighted by atomic mass is 10.2. The lowest BCUT2D eigenvalue weighted by molar-refractivity contribution is -0.130. The number of anilines is 2. The molecule has 1 aromatic rings. The first-order chi connectivity index (χ1) is 8.59. The summed E-state index contributed by atoms with van der Waals surface area (Å²) in [5.74, 6) is 0.117. The molecule has 1 amide bonds. The summed E-state index contributed by atoms with van der Waals surface area (Å²) in [6.45, 7) is 3.56. The van der Waals surface area contributed by atoms with Crippen LogP contribution in [0.25, 0.3) is 0 Å². The first-order valence-electron chi connectivity index (χ1n) is 6.19. The quantitative estimate of drug-likeness (QED) is 0.827. The number of nitrogens with two attached hydrogens (primary N) is 1. The number of likely N-dealkylation sites (tertiary alicyclic amines) is 1. The Morgan fingerprint density at radius 3 is 2.78 bits per heavy atom. The molecule has 0 radical (unpaired) electrons. The maximum atomic E-state index is 12.1. The average molecular weight is 268 g/mol. The maximum Gasteiger partial charge on any atom is 0.244 e. The van der Waals surface area contributed by atoms with Gasteiger partial charge in [-0.05, 0) is 31.9 Å². The van der Waals surface area contributed by atoms with Crippen LogP contribution in [0.4, 0.5) is 11.4 Å². The topological polar surface area (TPSA) is 58.4 Å². The minimum atomic E-state index is -0.288. The highest BCUT2D eigenvalue weighted by Crippen LogP contribution is 2.27. The van der Waals surface area contributed by atoms with E-state index in [4.69, 9.17) is 17.3 Å². The molecule has 1 heterocycles. The van der Waals surface area contributed by atoms with E-state index < -0.39 is 0 Å². The number of carbonyl (C=O) groups excluding carboxylic acids is 1. The number of amides is 1. The number of benzene rings is 1. The van der Waals surface area contributed by atoms with Gasteiger partial charge in [0.15, 0.2) is 0 Å². The van der Waals surface area contributed by atoms with E-state index in [1.165, 1.54) is 0 Å². The van der Waals surface area contributed by atoms with E-state index in [0.29, 0.717) is 16.4 Å². The Morgan fingerprint density at radius 1 is 1.44 bits per heavy atom. The van der Waals surface area contributed by atoms with Gasteiger partial charge in [0.25, 0.3) is 0 Å². The molecule has 0 aromatic heterocycles. The van der Waals surface area contributed by atoms with E-state index in [-0.39, 0.29) is 11.9 Å². The van der Waals surface area contributed by atoms with Crippen LogP contribution in [0.15, 0.2) is 18.2 Å². The van der Waals surface area contributed by atoms with Crippen LogP contribution < -0.4 is 11.1 Å². The van der Waals surface area contributed by atoms with Crippen molar-refractivity contribution in [1.29, 1.82) is 0 Å². The predicted octanol–water partition coefficient (Wildman–Crippen LogP) is 2.34. The van der Waals surface area contributed by atoms with Gasteiger partial charge in [-0.15, -0.1) is 0 Å². The van der Waals surface area contributed by atoms with Gasteiger partial charge in [0.2, 0.25) is 5.91 Å². The molecule has 98 valence electrons. The SMILES string of the molecule is CC(Nc1cccc(Cl)c1N)C(=O)N1CCCC1. The van der Waals surface area contributed by atoms with Gasteiger partial charge in [-0.2, -0.15) is 0 Å². The predicted molar refractivity (Wildman–Crippen MR) is 74.8 cm³/mol. The molecule has 1 aliphatic rings. The Balaban J connectivity index is 2.04. The second-order valence-corrected chi connectivity index (χ2v) is 5.01. The molecule has 0 bridgehead atoms. The molecule has 0 aliphatic carbocycles. The fourth-order valence-corrected chi connectivity index (χ4v) is 2.34. The standard InChI is InChI=1S/C13H18ClN3O/c1-9(13(18)17-7-2-3-8-17)16-11-6-4-5-10(14)12(11)15/h4-6,9,16H,2-3,7-8,15H2,1H3. The molecule has 2 rings (SSSR count). The molecule has 1 aromatic carbocycles. The molecule has 1 unspecified atom stereocenters. The molecule has 5 heteroatoms. The van der Waals surface area contributed by atoms with Gasteiger partial charge >= 0.3 is 0 Å². The summed E-state index contributed by atoms with van der Waals surface area (Å²) in [6.07, 6.45) is 2.19. The molecule has 1 fully saturated rings. The van der Waals surface area contributed by atoms with Crippen LogP contribution in [0.3, 0.4) is 0 Å². The largest absolute Gasteiger partial charge is 0.396 e. The van der Waals surface area contributed by atoms with Gasteiger partial charge in [-0.1, -0.05) is 17.7 Å². The van der Waals surface area contributed by atoms with E-state index in [1.54, 1.807) is 6.07 Å². The Labute approximate surface area is 112 Å².